The highest BCUT2D eigenvalue weighted by Gasteiger charge is 2.26. The van der Waals surface area contributed by atoms with E-state index in [9.17, 15) is 9.59 Å². The van der Waals surface area contributed by atoms with Gasteiger partial charge in [0.2, 0.25) is 11.8 Å². The monoisotopic (exact) mass is 212 g/mol. The smallest absolute Gasteiger partial charge is 0.219 e. The van der Waals surface area contributed by atoms with Gasteiger partial charge in [-0.1, -0.05) is 13.8 Å². The van der Waals surface area contributed by atoms with Crippen LogP contribution in [0.4, 0.5) is 0 Å². The third kappa shape index (κ3) is 3.90. The van der Waals surface area contributed by atoms with E-state index in [1.807, 2.05) is 13.8 Å². The van der Waals surface area contributed by atoms with Crippen molar-refractivity contribution in [1.82, 2.24) is 10.6 Å². The molecule has 0 aliphatic heterocycles. The average molecular weight is 212 g/mol. The van der Waals surface area contributed by atoms with E-state index in [2.05, 4.69) is 10.6 Å². The topological polar surface area (TPSA) is 58.2 Å². The molecule has 86 valence electrons. The number of carbonyl (C=O) groups is 2. The first kappa shape index (κ1) is 12.0. The lowest BCUT2D eigenvalue weighted by atomic mass is 10.2. The number of carbonyl (C=O) groups excluding carboxylic acids is 2. The Labute approximate surface area is 90.8 Å². The van der Waals surface area contributed by atoms with Crippen LogP contribution in [0.25, 0.3) is 0 Å². The molecule has 0 saturated heterocycles. The van der Waals surface area contributed by atoms with E-state index >= 15 is 0 Å². The minimum Gasteiger partial charge on any atom is -0.353 e. The van der Waals surface area contributed by atoms with Crippen LogP contribution in [0, 0.1) is 0 Å². The molecule has 0 spiro atoms. The molecule has 0 unspecified atom stereocenters. The summed E-state index contributed by atoms with van der Waals surface area (Å²) in [5.74, 6) is 0.199. The summed E-state index contributed by atoms with van der Waals surface area (Å²) in [4.78, 5) is 22.3. The molecular weight excluding hydrogens is 192 g/mol. The molecule has 0 aromatic rings. The molecule has 1 saturated carbocycles. The van der Waals surface area contributed by atoms with Gasteiger partial charge in [-0.2, -0.15) is 0 Å². The Morgan fingerprint density at radius 1 is 1.00 bits per heavy atom. The predicted molar refractivity (Wildman–Crippen MR) is 58.3 cm³/mol. The molecule has 1 rings (SSSR count). The lowest BCUT2D eigenvalue weighted by Gasteiger charge is -2.13. The van der Waals surface area contributed by atoms with Gasteiger partial charge in [-0.05, 0) is 19.3 Å². The van der Waals surface area contributed by atoms with Gasteiger partial charge >= 0.3 is 0 Å². The zero-order chi connectivity index (χ0) is 11.3. The summed E-state index contributed by atoms with van der Waals surface area (Å²) in [6.45, 7) is 3.70. The maximum Gasteiger partial charge on any atom is 0.219 e. The summed E-state index contributed by atoms with van der Waals surface area (Å²) < 4.78 is 0. The van der Waals surface area contributed by atoms with E-state index < -0.39 is 0 Å². The lowest BCUT2D eigenvalue weighted by Crippen LogP contribution is -2.36. The van der Waals surface area contributed by atoms with Crippen molar-refractivity contribution >= 4 is 11.8 Å². The van der Waals surface area contributed by atoms with Crippen LogP contribution in [0.2, 0.25) is 0 Å². The summed E-state index contributed by atoms with van der Waals surface area (Å²) >= 11 is 0. The molecule has 0 aromatic heterocycles. The van der Waals surface area contributed by atoms with Crippen LogP contribution >= 0.6 is 0 Å². The highest BCUT2D eigenvalue weighted by atomic mass is 16.2. The minimum absolute atomic E-state index is 0.0995. The van der Waals surface area contributed by atoms with Gasteiger partial charge in [0.15, 0.2) is 0 Å². The van der Waals surface area contributed by atoms with Gasteiger partial charge in [0.25, 0.3) is 0 Å². The Balaban J connectivity index is 2.26. The normalized spacial score (nSPS) is 24.9. The first-order valence-electron chi connectivity index (χ1n) is 5.74. The maximum absolute atomic E-state index is 11.2. The van der Waals surface area contributed by atoms with Crippen molar-refractivity contribution in [3.8, 4) is 0 Å². The summed E-state index contributed by atoms with van der Waals surface area (Å²) in [7, 11) is 0. The molecule has 1 aliphatic carbocycles. The molecule has 2 N–H and O–H groups in total. The van der Waals surface area contributed by atoms with E-state index in [-0.39, 0.29) is 23.9 Å². The molecular formula is C11H20N2O2. The van der Waals surface area contributed by atoms with Crippen molar-refractivity contribution in [1.29, 1.82) is 0 Å². The number of amides is 2. The minimum atomic E-state index is 0.0995. The van der Waals surface area contributed by atoms with Crippen LogP contribution in [0.5, 0.6) is 0 Å². The van der Waals surface area contributed by atoms with Crippen LogP contribution in [0.3, 0.4) is 0 Å². The second-order valence-corrected chi connectivity index (χ2v) is 4.05. The average Bonchev–Trinajstić information content (AvgIpc) is 2.65. The van der Waals surface area contributed by atoms with Gasteiger partial charge in [-0.25, -0.2) is 0 Å². The second kappa shape index (κ2) is 5.73. The van der Waals surface area contributed by atoms with Gasteiger partial charge < -0.3 is 10.6 Å². The highest BCUT2D eigenvalue weighted by Crippen LogP contribution is 2.19. The maximum atomic E-state index is 11.2. The van der Waals surface area contributed by atoms with Crippen molar-refractivity contribution in [2.45, 2.75) is 58.0 Å². The number of rotatable bonds is 4. The van der Waals surface area contributed by atoms with E-state index in [0.29, 0.717) is 12.8 Å². The Morgan fingerprint density at radius 3 is 1.73 bits per heavy atom. The quantitative estimate of drug-likeness (QED) is 0.729. The SMILES string of the molecule is CCC(=O)N[C@@H]1CC[C@H](NC(=O)CC)C1. The zero-order valence-electron chi connectivity index (χ0n) is 9.51. The van der Waals surface area contributed by atoms with E-state index in [4.69, 9.17) is 0 Å². The highest BCUT2D eigenvalue weighted by molar-refractivity contribution is 5.76. The van der Waals surface area contributed by atoms with Crippen molar-refractivity contribution in [2.75, 3.05) is 0 Å². The molecule has 0 aromatic carbocycles. The summed E-state index contributed by atoms with van der Waals surface area (Å²) in [6.07, 6.45) is 3.88. The molecule has 2 amide bonds. The Bertz CT molecular complexity index is 217. The Hall–Kier alpha value is -1.06. The zero-order valence-corrected chi connectivity index (χ0v) is 9.51. The van der Waals surface area contributed by atoms with Crippen molar-refractivity contribution in [2.24, 2.45) is 0 Å². The number of hydrogen-bond donors (Lipinski definition) is 2. The predicted octanol–water partition coefficient (Wildman–Crippen LogP) is 0.960. The molecule has 0 bridgehead atoms. The van der Waals surface area contributed by atoms with Crippen molar-refractivity contribution in [3.63, 3.8) is 0 Å². The fourth-order valence-electron chi connectivity index (χ4n) is 1.90. The molecule has 2 atom stereocenters. The van der Waals surface area contributed by atoms with Crippen LogP contribution < -0.4 is 10.6 Å². The van der Waals surface area contributed by atoms with Crippen LogP contribution in [0.1, 0.15) is 46.0 Å². The standard InChI is InChI=1S/C11H20N2O2/c1-3-10(14)12-8-5-6-9(7-8)13-11(15)4-2/h8-9H,3-7H2,1-2H3,(H,12,14)(H,13,15)/t8-,9+. The van der Waals surface area contributed by atoms with Crippen LogP contribution in [-0.2, 0) is 9.59 Å². The number of nitrogens with one attached hydrogen (secondary N) is 2. The molecule has 1 fully saturated rings. The first-order valence-corrected chi connectivity index (χ1v) is 5.74. The molecule has 4 nitrogen and oxygen atoms in total. The molecule has 0 radical (unpaired) electrons. The fraction of sp³-hybridized carbons (Fsp3) is 0.818. The van der Waals surface area contributed by atoms with Gasteiger partial charge in [-0.3, -0.25) is 9.59 Å². The Kier molecular flexibility index (Phi) is 4.59. The van der Waals surface area contributed by atoms with Gasteiger partial charge in [0.05, 0.1) is 0 Å². The van der Waals surface area contributed by atoms with Crippen LogP contribution in [0.15, 0.2) is 0 Å². The van der Waals surface area contributed by atoms with Crippen molar-refractivity contribution < 1.29 is 9.59 Å². The van der Waals surface area contributed by atoms with Gasteiger partial charge in [0, 0.05) is 24.9 Å². The first-order chi connectivity index (χ1) is 7.15. The summed E-state index contributed by atoms with van der Waals surface area (Å²) in [5, 5.41) is 5.92. The second-order valence-electron chi connectivity index (χ2n) is 4.05. The van der Waals surface area contributed by atoms with Gasteiger partial charge in [-0.15, -0.1) is 0 Å². The van der Waals surface area contributed by atoms with E-state index in [1.54, 1.807) is 0 Å². The molecule has 0 heterocycles. The third-order valence-corrected chi connectivity index (χ3v) is 2.81. The molecule has 4 heteroatoms. The fourth-order valence-corrected chi connectivity index (χ4v) is 1.90. The summed E-state index contributed by atoms with van der Waals surface area (Å²) in [5.41, 5.74) is 0. The lowest BCUT2D eigenvalue weighted by molar-refractivity contribution is -0.121. The van der Waals surface area contributed by atoms with Crippen molar-refractivity contribution in [3.05, 3.63) is 0 Å². The Morgan fingerprint density at radius 2 is 1.40 bits per heavy atom. The van der Waals surface area contributed by atoms with E-state index in [1.165, 1.54) is 0 Å². The largest absolute Gasteiger partial charge is 0.353 e. The summed E-state index contributed by atoms with van der Waals surface area (Å²) in [6, 6.07) is 0.499. The van der Waals surface area contributed by atoms with Gasteiger partial charge in [0.1, 0.15) is 0 Å². The third-order valence-electron chi connectivity index (χ3n) is 2.81. The van der Waals surface area contributed by atoms with E-state index in [0.717, 1.165) is 19.3 Å². The van der Waals surface area contributed by atoms with Crippen LogP contribution in [-0.4, -0.2) is 23.9 Å². The molecule has 15 heavy (non-hydrogen) atoms. The number of hydrogen-bond acceptors (Lipinski definition) is 2. The molecule has 1 aliphatic rings.